The van der Waals surface area contributed by atoms with Gasteiger partial charge in [-0.1, -0.05) is 23.5 Å². The highest BCUT2D eigenvalue weighted by molar-refractivity contribution is 7.07. The van der Waals surface area contributed by atoms with E-state index in [1.807, 2.05) is 61.7 Å². The highest BCUT2D eigenvalue weighted by atomic mass is 32.1. The summed E-state index contributed by atoms with van der Waals surface area (Å²) in [7, 11) is 0. The number of carbonyl (C=O) groups excluding carboxylic acids is 1. The predicted octanol–water partition coefficient (Wildman–Crippen LogP) is 4.74. The molecule has 1 unspecified atom stereocenters. The van der Waals surface area contributed by atoms with Gasteiger partial charge in [-0.05, 0) is 94.3 Å². The summed E-state index contributed by atoms with van der Waals surface area (Å²) < 4.78 is 28.6. The average molecular weight is 560 g/mol. The smallest absolute Gasteiger partial charge is 0.338 e. The standard InChI is InChI=1S/C31H30FN3O4S/c1-6-38-25-14-8-21(9-15-25)28-27(30(37)39-7-2)19(4)33-31-35(28)29(36)26(40-31)17-22-16-18(3)34(20(22)5)24-12-10-23(32)11-13-24/h8-17,28H,6-7H2,1-5H3. The molecule has 0 fully saturated rings. The highest BCUT2D eigenvalue weighted by Gasteiger charge is 2.33. The van der Waals surface area contributed by atoms with Crippen LogP contribution in [-0.4, -0.2) is 28.3 Å². The third kappa shape index (κ3) is 4.93. The fourth-order valence-corrected chi connectivity index (χ4v) is 6.12. The van der Waals surface area contributed by atoms with Gasteiger partial charge >= 0.3 is 5.97 Å². The van der Waals surface area contributed by atoms with Gasteiger partial charge in [-0.25, -0.2) is 14.2 Å². The third-order valence-corrected chi connectivity index (χ3v) is 7.85. The van der Waals surface area contributed by atoms with Gasteiger partial charge in [0.25, 0.3) is 5.56 Å². The number of allylic oxidation sites excluding steroid dienone is 1. The van der Waals surface area contributed by atoms with Crippen molar-refractivity contribution in [2.45, 2.75) is 40.7 Å². The van der Waals surface area contributed by atoms with Gasteiger partial charge in [0.05, 0.1) is 35.1 Å². The molecule has 5 rings (SSSR count). The fourth-order valence-electron chi connectivity index (χ4n) is 5.08. The van der Waals surface area contributed by atoms with Crippen molar-refractivity contribution in [1.29, 1.82) is 0 Å². The molecule has 1 atom stereocenters. The van der Waals surface area contributed by atoms with E-state index < -0.39 is 12.0 Å². The van der Waals surface area contributed by atoms with Crippen LogP contribution in [-0.2, 0) is 9.53 Å². The lowest BCUT2D eigenvalue weighted by Gasteiger charge is -2.24. The molecule has 2 aromatic carbocycles. The van der Waals surface area contributed by atoms with Gasteiger partial charge in [-0.2, -0.15) is 0 Å². The number of rotatable bonds is 7. The molecule has 3 heterocycles. The molecule has 1 aliphatic heterocycles. The van der Waals surface area contributed by atoms with Gasteiger partial charge in [0.2, 0.25) is 0 Å². The van der Waals surface area contributed by atoms with Crippen LogP contribution in [0.2, 0.25) is 0 Å². The molecule has 0 saturated carbocycles. The number of aryl methyl sites for hydroxylation is 1. The Labute approximate surface area is 235 Å². The van der Waals surface area contributed by atoms with Crippen molar-refractivity contribution in [3.05, 3.63) is 114 Å². The number of halogens is 1. The van der Waals surface area contributed by atoms with Crippen molar-refractivity contribution in [2.75, 3.05) is 13.2 Å². The molecule has 40 heavy (non-hydrogen) atoms. The summed E-state index contributed by atoms with van der Waals surface area (Å²) in [5.74, 6) is -0.0968. The monoisotopic (exact) mass is 559 g/mol. The lowest BCUT2D eigenvalue weighted by molar-refractivity contribution is -0.139. The van der Waals surface area contributed by atoms with Gasteiger partial charge in [-0.3, -0.25) is 9.36 Å². The van der Waals surface area contributed by atoms with Crippen LogP contribution in [0, 0.1) is 19.7 Å². The van der Waals surface area contributed by atoms with E-state index in [1.165, 1.54) is 23.5 Å². The van der Waals surface area contributed by atoms with Crippen molar-refractivity contribution < 1.29 is 18.7 Å². The molecule has 0 spiro atoms. The Kier molecular flexibility index (Phi) is 7.58. The van der Waals surface area contributed by atoms with Crippen LogP contribution in [0.3, 0.4) is 0 Å². The average Bonchev–Trinajstić information content (AvgIpc) is 3.38. The number of esters is 1. The Morgan fingerprint density at radius 2 is 1.75 bits per heavy atom. The van der Waals surface area contributed by atoms with E-state index in [0.717, 1.165) is 28.2 Å². The highest BCUT2D eigenvalue weighted by Crippen LogP contribution is 2.31. The summed E-state index contributed by atoms with van der Waals surface area (Å²) in [6, 6.07) is 15.0. The number of hydrogen-bond donors (Lipinski definition) is 0. The second-order valence-electron chi connectivity index (χ2n) is 9.44. The first-order valence-electron chi connectivity index (χ1n) is 13.1. The molecule has 7 nitrogen and oxygen atoms in total. The van der Waals surface area contributed by atoms with Crippen LogP contribution >= 0.6 is 11.3 Å². The summed E-state index contributed by atoms with van der Waals surface area (Å²) >= 11 is 1.28. The van der Waals surface area contributed by atoms with Gasteiger partial charge in [-0.15, -0.1) is 0 Å². The van der Waals surface area contributed by atoms with Crippen LogP contribution in [0.15, 0.2) is 75.7 Å². The van der Waals surface area contributed by atoms with E-state index in [9.17, 15) is 14.0 Å². The molecule has 1 aliphatic rings. The number of benzene rings is 2. The van der Waals surface area contributed by atoms with Crippen LogP contribution in [0.5, 0.6) is 5.75 Å². The van der Waals surface area contributed by atoms with E-state index in [0.29, 0.717) is 33.0 Å². The Morgan fingerprint density at radius 3 is 2.40 bits per heavy atom. The van der Waals surface area contributed by atoms with E-state index in [-0.39, 0.29) is 18.0 Å². The van der Waals surface area contributed by atoms with Crippen molar-refractivity contribution >= 4 is 23.4 Å². The first kappa shape index (κ1) is 27.3. The second-order valence-corrected chi connectivity index (χ2v) is 10.5. The first-order chi connectivity index (χ1) is 19.2. The number of hydrogen-bond acceptors (Lipinski definition) is 6. The lowest BCUT2D eigenvalue weighted by Crippen LogP contribution is -2.39. The molecule has 0 N–H and O–H groups in total. The minimum absolute atomic E-state index is 0.208. The van der Waals surface area contributed by atoms with Crippen molar-refractivity contribution in [3.63, 3.8) is 0 Å². The van der Waals surface area contributed by atoms with E-state index in [1.54, 1.807) is 30.5 Å². The minimum Gasteiger partial charge on any atom is -0.494 e. The molecule has 0 aliphatic carbocycles. The van der Waals surface area contributed by atoms with Crippen LogP contribution < -0.4 is 19.6 Å². The maximum atomic E-state index is 13.9. The lowest BCUT2D eigenvalue weighted by atomic mass is 9.96. The first-order valence-corrected chi connectivity index (χ1v) is 13.9. The molecule has 2 aromatic heterocycles. The van der Waals surface area contributed by atoms with Gasteiger partial charge in [0.15, 0.2) is 4.80 Å². The number of ether oxygens (including phenoxy) is 2. The largest absolute Gasteiger partial charge is 0.494 e. The SMILES string of the molecule is CCOC(=O)C1=C(C)N=c2sc(=Cc3cc(C)n(-c4ccc(F)cc4)c3C)c(=O)n2C1c1ccc(OCC)cc1. The maximum absolute atomic E-state index is 13.9. The normalized spacial score (nSPS) is 15.2. The molecule has 0 amide bonds. The molecular formula is C31H30FN3O4S. The maximum Gasteiger partial charge on any atom is 0.338 e. The van der Waals surface area contributed by atoms with Gasteiger partial charge in [0.1, 0.15) is 11.6 Å². The summed E-state index contributed by atoms with van der Waals surface area (Å²) in [6.07, 6.45) is 1.85. The third-order valence-electron chi connectivity index (χ3n) is 6.87. The number of nitrogens with zero attached hydrogens (tertiary/aromatic N) is 3. The van der Waals surface area contributed by atoms with Gasteiger partial charge < -0.3 is 14.0 Å². The zero-order valence-electron chi connectivity index (χ0n) is 23.0. The van der Waals surface area contributed by atoms with Crippen molar-refractivity contribution in [3.8, 4) is 11.4 Å². The number of carbonyl (C=O) groups is 1. The van der Waals surface area contributed by atoms with Crippen LogP contribution in [0.4, 0.5) is 4.39 Å². The Hall–Kier alpha value is -4.24. The van der Waals surface area contributed by atoms with E-state index in [2.05, 4.69) is 4.99 Å². The summed E-state index contributed by atoms with van der Waals surface area (Å²) in [6.45, 7) is 10.1. The molecule has 0 saturated heterocycles. The Bertz CT molecular complexity index is 1790. The minimum atomic E-state index is -0.695. The number of thiazole rings is 1. The van der Waals surface area contributed by atoms with Gasteiger partial charge in [0, 0.05) is 17.1 Å². The molecule has 0 bridgehead atoms. The van der Waals surface area contributed by atoms with Crippen molar-refractivity contribution in [1.82, 2.24) is 9.13 Å². The number of fused-ring (bicyclic) bond motifs is 1. The van der Waals surface area contributed by atoms with E-state index in [4.69, 9.17) is 9.47 Å². The molecule has 206 valence electrons. The second kappa shape index (κ2) is 11.1. The molecule has 0 radical (unpaired) electrons. The molecular weight excluding hydrogens is 529 g/mol. The molecule has 9 heteroatoms. The summed E-state index contributed by atoms with van der Waals surface area (Å²) in [5.41, 5.74) is 4.93. The summed E-state index contributed by atoms with van der Waals surface area (Å²) in [5, 5.41) is 0. The number of aromatic nitrogens is 2. The van der Waals surface area contributed by atoms with E-state index >= 15 is 0 Å². The zero-order chi connectivity index (χ0) is 28.6. The zero-order valence-corrected chi connectivity index (χ0v) is 23.8. The van der Waals surface area contributed by atoms with Crippen molar-refractivity contribution in [2.24, 2.45) is 4.99 Å². The quantitative estimate of drug-likeness (QED) is 0.307. The topological polar surface area (TPSA) is 74.8 Å². The molecule has 4 aromatic rings. The Morgan fingerprint density at radius 1 is 1.05 bits per heavy atom. The van der Waals surface area contributed by atoms with Crippen LogP contribution in [0.25, 0.3) is 11.8 Å². The fraction of sp³-hybridized carbons (Fsp3) is 0.258. The predicted molar refractivity (Wildman–Crippen MR) is 153 cm³/mol. The Balaban J connectivity index is 1.66. The van der Waals surface area contributed by atoms with Crippen LogP contribution in [0.1, 0.15) is 49.3 Å². The summed E-state index contributed by atoms with van der Waals surface area (Å²) in [4.78, 5) is 32.2.